The van der Waals surface area contributed by atoms with Gasteiger partial charge in [0.05, 0.1) is 12.0 Å². The van der Waals surface area contributed by atoms with Crippen LogP contribution in [0.3, 0.4) is 0 Å². The molecule has 1 aliphatic rings. The molecule has 28 heavy (non-hydrogen) atoms. The zero-order valence-corrected chi connectivity index (χ0v) is 17.8. The standard InChI is InChI=1S/C19H27N5O3S/c1-14-12-16(6-7-17(14)27-5)28(25,26)24-10-8-23(9-11-24)19-13-18(22(3)4)20-15(2)21-19/h6-7,12-13H,8-11H2,1-5H3. The fraction of sp³-hybridized carbons (Fsp3) is 0.474. The van der Waals surface area contributed by atoms with Gasteiger partial charge in [0.2, 0.25) is 10.0 Å². The summed E-state index contributed by atoms with van der Waals surface area (Å²) in [5.74, 6) is 3.05. The lowest BCUT2D eigenvalue weighted by Crippen LogP contribution is -2.49. The number of rotatable bonds is 5. The molecule has 0 N–H and O–H groups in total. The van der Waals surface area contributed by atoms with E-state index in [0.717, 1.165) is 17.2 Å². The Morgan fingerprint density at radius 2 is 1.71 bits per heavy atom. The number of benzene rings is 1. The molecule has 0 amide bonds. The summed E-state index contributed by atoms with van der Waals surface area (Å²) in [5.41, 5.74) is 0.801. The van der Waals surface area contributed by atoms with Crippen LogP contribution in [-0.4, -0.2) is 70.1 Å². The van der Waals surface area contributed by atoms with E-state index in [1.165, 1.54) is 4.31 Å². The first-order valence-corrected chi connectivity index (χ1v) is 10.6. The third kappa shape index (κ3) is 4.05. The Morgan fingerprint density at radius 3 is 2.29 bits per heavy atom. The Morgan fingerprint density at radius 1 is 1.04 bits per heavy atom. The van der Waals surface area contributed by atoms with E-state index in [2.05, 4.69) is 14.9 Å². The van der Waals surface area contributed by atoms with E-state index < -0.39 is 10.0 Å². The fourth-order valence-corrected chi connectivity index (χ4v) is 4.75. The van der Waals surface area contributed by atoms with Crippen LogP contribution < -0.4 is 14.5 Å². The molecule has 1 aromatic heterocycles. The molecule has 9 heteroatoms. The molecular weight excluding hydrogens is 378 g/mol. The van der Waals surface area contributed by atoms with Crippen molar-refractivity contribution in [2.45, 2.75) is 18.7 Å². The van der Waals surface area contributed by atoms with Crippen molar-refractivity contribution in [3.8, 4) is 5.75 Å². The highest BCUT2D eigenvalue weighted by Crippen LogP contribution is 2.25. The van der Waals surface area contributed by atoms with Crippen molar-refractivity contribution in [3.05, 3.63) is 35.7 Å². The predicted octanol–water partition coefficient (Wildman–Crippen LogP) is 1.68. The SMILES string of the molecule is COc1ccc(S(=O)(=O)N2CCN(c3cc(N(C)C)nc(C)n3)CC2)cc1C. The minimum absolute atomic E-state index is 0.298. The van der Waals surface area contributed by atoms with Gasteiger partial charge in [-0.25, -0.2) is 18.4 Å². The van der Waals surface area contributed by atoms with Crippen LogP contribution in [-0.2, 0) is 10.0 Å². The summed E-state index contributed by atoms with van der Waals surface area (Å²) < 4.78 is 32.8. The molecule has 0 saturated carbocycles. The van der Waals surface area contributed by atoms with Crippen molar-refractivity contribution in [1.82, 2.24) is 14.3 Å². The maximum atomic E-state index is 13.0. The highest BCUT2D eigenvalue weighted by molar-refractivity contribution is 7.89. The number of nitrogens with zero attached hydrogens (tertiary/aromatic N) is 5. The second-order valence-corrected chi connectivity index (χ2v) is 8.99. The quantitative estimate of drug-likeness (QED) is 0.749. The number of piperazine rings is 1. The van der Waals surface area contributed by atoms with E-state index in [4.69, 9.17) is 4.74 Å². The number of aryl methyl sites for hydroxylation is 2. The van der Waals surface area contributed by atoms with Gasteiger partial charge in [-0.15, -0.1) is 0 Å². The van der Waals surface area contributed by atoms with Gasteiger partial charge in [-0.3, -0.25) is 0 Å². The van der Waals surface area contributed by atoms with E-state index in [9.17, 15) is 8.42 Å². The third-order valence-corrected chi connectivity index (χ3v) is 6.73. The number of hydrogen-bond donors (Lipinski definition) is 0. The van der Waals surface area contributed by atoms with E-state index in [0.29, 0.717) is 42.6 Å². The van der Waals surface area contributed by atoms with Gasteiger partial charge in [-0.1, -0.05) is 0 Å². The molecule has 1 aromatic carbocycles. The van der Waals surface area contributed by atoms with Gasteiger partial charge in [-0.2, -0.15) is 4.31 Å². The van der Waals surface area contributed by atoms with E-state index in [1.54, 1.807) is 25.3 Å². The maximum absolute atomic E-state index is 13.0. The molecule has 152 valence electrons. The molecule has 2 aromatic rings. The average molecular weight is 406 g/mol. The number of aromatic nitrogens is 2. The van der Waals surface area contributed by atoms with Gasteiger partial charge in [0.1, 0.15) is 23.2 Å². The van der Waals surface area contributed by atoms with Gasteiger partial charge >= 0.3 is 0 Å². The van der Waals surface area contributed by atoms with Crippen LogP contribution in [0.2, 0.25) is 0 Å². The molecule has 3 rings (SSSR count). The van der Waals surface area contributed by atoms with Crippen molar-refractivity contribution < 1.29 is 13.2 Å². The summed E-state index contributed by atoms with van der Waals surface area (Å²) in [4.78, 5) is 13.3. The number of sulfonamides is 1. The molecule has 0 atom stereocenters. The number of hydrogen-bond acceptors (Lipinski definition) is 7. The first-order chi connectivity index (χ1) is 13.2. The van der Waals surface area contributed by atoms with Gasteiger partial charge in [-0.05, 0) is 37.6 Å². The molecule has 0 spiro atoms. The van der Waals surface area contributed by atoms with Crippen LogP contribution >= 0.6 is 0 Å². The van der Waals surface area contributed by atoms with E-state index in [-0.39, 0.29) is 0 Å². The Labute approximate surface area is 166 Å². The molecule has 8 nitrogen and oxygen atoms in total. The second-order valence-electron chi connectivity index (χ2n) is 7.05. The summed E-state index contributed by atoms with van der Waals surface area (Å²) in [6.45, 7) is 5.69. The average Bonchev–Trinajstić information content (AvgIpc) is 2.67. The van der Waals surface area contributed by atoms with Crippen LogP contribution in [0.4, 0.5) is 11.6 Å². The fourth-order valence-electron chi connectivity index (χ4n) is 3.25. The Hall–Kier alpha value is -2.39. The molecule has 2 heterocycles. The number of ether oxygens (including phenoxy) is 1. The van der Waals surface area contributed by atoms with Crippen molar-refractivity contribution in [2.75, 3.05) is 57.2 Å². The van der Waals surface area contributed by atoms with E-state index >= 15 is 0 Å². The number of anilines is 2. The normalized spacial score (nSPS) is 15.5. The van der Waals surface area contributed by atoms with Crippen LogP contribution in [0, 0.1) is 13.8 Å². The van der Waals surface area contributed by atoms with Crippen LogP contribution in [0.1, 0.15) is 11.4 Å². The van der Waals surface area contributed by atoms with Gasteiger partial charge in [0.25, 0.3) is 0 Å². The third-order valence-electron chi connectivity index (χ3n) is 4.84. The second kappa shape index (κ2) is 7.92. The largest absolute Gasteiger partial charge is 0.496 e. The van der Waals surface area contributed by atoms with E-state index in [1.807, 2.05) is 38.9 Å². The van der Waals surface area contributed by atoms with Crippen molar-refractivity contribution in [3.63, 3.8) is 0 Å². The first kappa shape index (κ1) is 20.3. The van der Waals surface area contributed by atoms with Gasteiger partial charge in [0.15, 0.2) is 0 Å². The predicted molar refractivity (Wildman–Crippen MR) is 110 cm³/mol. The van der Waals surface area contributed by atoms with Crippen LogP contribution in [0.15, 0.2) is 29.2 Å². The Bertz CT molecular complexity index is 954. The van der Waals surface area contributed by atoms with Crippen molar-refractivity contribution in [2.24, 2.45) is 0 Å². The van der Waals surface area contributed by atoms with Gasteiger partial charge in [0, 0.05) is 46.3 Å². The van der Waals surface area contributed by atoms with Crippen molar-refractivity contribution >= 4 is 21.7 Å². The minimum Gasteiger partial charge on any atom is -0.496 e. The summed E-state index contributed by atoms with van der Waals surface area (Å²) >= 11 is 0. The smallest absolute Gasteiger partial charge is 0.243 e. The van der Waals surface area contributed by atoms with Crippen molar-refractivity contribution in [1.29, 1.82) is 0 Å². The monoisotopic (exact) mass is 405 g/mol. The summed E-state index contributed by atoms with van der Waals surface area (Å²) in [6, 6.07) is 6.90. The highest BCUT2D eigenvalue weighted by Gasteiger charge is 2.29. The zero-order valence-electron chi connectivity index (χ0n) is 17.0. The molecule has 0 radical (unpaired) electrons. The first-order valence-electron chi connectivity index (χ1n) is 9.15. The summed E-state index contributed by atoms with van der Waals surface area (Å²) in [6.07, 6.45) is 0. The lowest BCUT2D eigenvalue weighted by Gasteiger charge is -2.35. The Kier molecular flexibility index (Phi) is 5.76. The Balaban J connectivity index is 1.75. The van der Waals surface area contributed by atoms with Crippen LogP contribution in [0.25, 0.3) is 0 Å². The van der Waals surface area contributed by atoms with Crippen LogP contribution in [0.5, 0.6) is 5.75 Å². The lowest BCUT2D eigenvalue weighted by atomic mass is 10.2. The summed E-state index contributed by atoms with van der Waals surface area (Å²) in [7, 11) is 1.92. The molecule has 0 aliphatic carbocycles. The molecular formula is C19H27N5O3S. The highest BCUT2D eigenvalue weighted by atomic mass is 32.2. The number of methoxy groups -OCH3 is 1. The minimum atomic E-state index is -3.53. The maximum Gasteiger partial charge on any atom is 0.243 e. The lowest BCUT2D eigenvalue weighted by molar-refractivity contribution is 0.383. The molecule has 0 bridgehead atoms. The molecule has 1 aliphatic heterocycles. The molecule has 1 saturated heterocycles. The molecule has 0 unspecified atom stereocenters. The van der Waals surface area contributed by atoms with Gasteiger partial charge < -0.3 is 14.5 Å². The topological polar surface area (TPSA) is 78.9 Å². The summed E-state index contributed by atoms with van der Waals surface area (Å²) in [5, 5.41) is 0. The molecule has 1 fully saturated rings. The zero-order chi connectivity index (χ0) is 20.5.